The first-order valence-corrected chi connectivity index (χ1v) is 11.2. The highest BCUT2D eigenvalue weighted by atomic mass is 16.6. The first-order chi connectivity index (χ1) is 15.3. The van der Waals surface area contributed by atoms with Gasteiger partial charge in [0.05, 0.1) is 0 Å². The van der Waals surface area contributed by atoms with Gasteiger partial charge in [-0.05, 0) is 91.5 Å². The van der Waals surface area contributed by atoms with Crippen LogP contribution in [-0.2, 0) is 22.6 Å². The molecule has 0 heterocycles. The van der Waals surface area contributed by atoms with Gasteiger partial charge >= 0.3 is 12.1 Å². The number of carboxylic acids is 1. The van der Waals surface area contributed by atoms with E-state index in [0.29, 0.717) is 24.9 Å². The summed E-state index contributed by atoms with van der Waals surface area (Å²) in [7, 11) is 7.95. The Morgan fingerprint density at radius 2 is 1.52 bits per heavy atom. The number of rotatable bonds is 12. The summed E-state index contributed by atoms with van der Waals surface area (Å²) in [6, 6.07) is 4.88. The van der Waals surface area contributed by atoms with E-state index in [4.69, 9.17) is 4.74 Å². The van der Waals surface area contributed by atoms with Crippen molar-refractivity contribution in [2.75, 3.05) is 34.7 Å². The molecule has 1 aromatic rings. The number of hydrogen-bond acceptors (Lipinski definition) is 6. The van der Waals surface area contributed by atoms with Gasteiger partial charge in [0.15, 0.2) is 0 Å². The van der Waals surface area contributed by atoms with Crippen molar-refractivity contribution in [3.05, 3.63) is 34.9 Å². The fourth-order valence-electron chi connectivity index (χ4n) is 3.29. The number of carbonyl (C=O) groups excluding carboxylic acids is 2. The van der Waals surface area contributed by atoms with Crippen LogP contribution in [0.5, 0.6) is 0 Å². The van der Waals surface area contributed by atoms with E-state index in [2.05, 4.69) is 26.5 Å². The summed E-state index contributed by atoms with van der Waals surface area (Å²) in [4.78, 5) is 40.1. The maximum Gasteiger partial charge on any atom is 0.408 e. The Hall–Kier alpha value is -2.65. The summed E-state index contributed by atoms with van der Waals surface area (Å²) >= 11 is 0. The SMILES string of the molecule is CN(C)Cc1cc(CN(C)C)cc(C(=O)NCCCC[C@H](NC(=O)OC(C)(C)C)C(=O)O)c1. The van der Waals surface area contributed by atoms with E-state index in [1.54, 1.807) is 20.8 Å². The largest absolute Gasteiger partial charge is 0.480 e. The minimum atomic E-state index is -1.11. The van der Waals surface area contributed by atoms with Gasteiger partial charge in [0, 0.05) is 25.2 Å². The smallest absolute Gasteiger partial charge is 0.408 e. The zero-order valence-electron chi connectivity index (χ0n) is 21.0. The number of nitrogens with one attached hydrogen (secondary N) is 2. The van der Waals surface area contributed by atoms with Crippen molar-refractivity contribution >= 4 is 18.0 Å². The molecule has 0 unspecified atom stereocenters. The van der Waals surface area contributed by atoms with Crippen molar-refractivity contribution in [2.45, 2.75) is 64.8 Å². The van der Waals surface area contributed by atoms with Gasteiger partial charge in [0.2, 0.25) is 0 Å². The molecular formula is C24H40N4O5. The molecule has 3 N–H and O–H groups in total. The van der Waals surface area contributed by atoms with Crippen LogP contribution in [-0.4, -0.2) is 79.3 Å². The number of nitrogens with zero attached hydrogens (tertiary/aromatic N) is 2. The van der Waals surface area contributed by atoms with Gasteiger partial charge in [-0.15, -0.1) is 0 Å². The van der Waals surface area contributed by atoms with E-state index in [1.165, 1.54) is 0 Å². The fraction of sp³-hybridized carbons (Fsp3) is 0.625. The average Bonchev–Trinajstić information content (AvgIpc) is 2.63. The lowest BCUT2D eigenvalue weighted by Gasteiger charge is -2.22. The third-order valence-corrected chi connectivity index (χ3v) is 4.51. The minimum absolute atomic E-state index is 0.155. The molecule has 0 bridgehead atoms. The van der Waals surface area contributed by atoms with E-state index in [9.17, 15) is 19.5 Å². The molecule has 9 nitrogen and oxygen atoms in total. The minimum Gasteiger partial charge on any atom is -0.480 e. The Labute approximate surface area is 197 Å². The molecule has 0 aliphatic heterocycles. The average molecular weight is 465 g/mol. The number of ether oxygens (including phenoxy) is 1. The Bertz CT molecular complexity index is 774. The van der Waals surface area contributed by atoms with E-state index >= 15 is 0 Å². The van der Waals surface area contributed by atoms with Crippen molar-refractivity contribution in [1.29, 1.82) is 0 Å². The molecule has 0 fully saturated rings. The van der Waals surface area contributed by atoms with Crippen LogP contribution in [0.25, 0.3) is 0 Å². The molecule has 0 aromatic heterocycles. The van der Waals surface area contributed by atoms with Gasteiger partial charge in [0.25, 0.3) is 5.91 Å². The van der Waals surface area contributed by atoms with Crippen molar-refractivity contribution in [2.24, 2.45) is 0 Å². The second-order valence-corrected chi connectivity index (χ2v) is 9.80. The number of unbranched alkanes of at least 4 members (excludes halogenated alkanes) is 1. The predicted octanol–water partition coefficient (Wildman–Crippen LogP) is 2.69. The number of carboxylic acid groups (broad SMARTS) is 1. The number of amides is 2. The molecule has 1 aromatic carbocycles. The second kappa shape index (κ2) is 13.2. The monoisotopic (exact) mass is 464 g/mol. The van der Waals surface area contributed by atoms with Crippen molar-refractivity contribution in [1.82, 2.24) is 20.4 Å². The molecule has 0 radical (unpaired) electrons. The lowest BCUT2D eigenvalue weighted by atomic mass is 10.0. The standard InChI is InChI=1S/C24H40N4O5/c1-24(2,3)33-23(32)26-20(22(30)31)10-8-9-11-25-21(29)19-13-17(15-27(4)5)12-18(14-19)16-28(6)7/h12-14,20H,8-11,15-16H2,1-7H3,(H,25,29)(H,26,32)(H,30,31)/t20-/m0/s1. The van der Waals surface area contributed by atoms with Crippen LogP contribution in [0.1, 0.15) is 61.5 Å². The normalized spacial score (nSPS) is 12.5. The molecular weight excluding hydrogens is 424 g/mol. The molecule has 33 heavy (non-hydrogen) atoms. The lowest BCUT2D eigenvalue weighted by molar-refractivity contribution is -0.139. The van der Waals surface area contributed by atoms with Crippen LogP contribution < -0.4 is 10.6 Å². The van der Waals surface area contributed by atoms with Crippen LogP contribution in [0.15, 0.2) is 18.2 Å². The molecule has 1 rings (SSSR count). The Kier molecular flexibility index (Phi) is 11.3. The summed E-state index contributed by atoms with van der Waals surface area (Å²) in [6.45, 7) is 7.03. The molecule has 9 heteroatoms. The van der Waals surface area contributed by atoms with Crippen molar-refractivity contribution < 1.29 is 24.2 Å². The third kappa shape index (κ3) is 12.2. The second-order valence-electron chi connectivity index (χ2n) is 9.80. The molecule has 1 atom stereocenters. The molecule has 2 amide bonds. The molecule has 0 saturated heterocycles. The van der Waals surface area contributed by atoms with Gasteiger partial charge in [-0.2, -0.15) is 0 Å². The maximum absolute atomic E-state index is 12.7. The highest BCUT2D eigenvalue weighted by Gasteiger charge is 2.23. The summed E-state index contributed by atoms with van der Waals surface area (Å²) in [5, 5.41) is 14.6. The number of aliphatic carboxylic acids is 1. The summed E-state index contributed by atoms with van der Waals surface area (Å²) in [5.74, 6) is -1.27. The van der Waals surface area contributed by atoms with Crippen molar-refractivity contribution in [3.63, 3.8) is 0 Å². The highest BCUT2D eigenvalue weighted by Crippen LogP contribution is 2.14. The van der Waals surface area contributed by atoms with Crippen LogP contribution in [0.2, 0.25) is 0 Å². The molecule has 0 aliphatic rings. The summed E-state index contributed by atoms with van der Waals surface area (Å²) in [5.41, 5.74) is 2.05. The first-order valence-electron chi connectivity index (χ1n) is 11.2. The van der Waals surface area contributed by atoms with Crippen LogP contribution >= 0.6 is 0 Å². The molecule has 0 saturated carbocycles. The predicted molar refractivity (Wildman–Crippen MR) is 128 cm³/mol. The Morgan fingerprint density at radius 1 is 0.970 bits per heavy atom. The number of benzene rings is 1. The number of alkyl carbamates (subject to hydrolysis) is 1. The zero-order chi connectivity index (χ0) is 25.2. The number of hydrogen-bond donors (Lipinski definition) is 3. The number of carbonyl (C=O) groups is 3. The van der Waals surface area contributed by atoms with Crippen molar-refractivity contribution in [3.8, 4) is 0 Å². The Balaban J connectivity index is 2.59. The van der Waals surface area contributed by atoms with Crippen LogP contribution in [0, 0.1) is 0 Å². The summed E-state index contributed by atoms with van der Waals surface area (Å²) < 4.78 is 5.12. The topological polar surface area (TPSA) is 111 Å². The van der Waals surface area contributed by atoms with Gasteiger partial charge < -0.3 is 30.3 Å². The quantitative estimate of drug-likeness (QED) is 0.408. The van der Waals surface area contributed by atoms with Crippen LogP contribution in [0.3, 0.4) is 0 Å². The van der Waals surface area contributed by atoms with Crippen LogP contribution in [0.4, 0.5) is 4.79 Å². The highest BCUT2D eigenvalue weighted by molar-refractivity contribution is 5.94. The van der Waals surface area contributed by atoms with Gasteiger partial charge in [-0.25, -0.2) is 9.59 Å². The molecule has 0 spiro atoms. The fourth-order valence-corrected chi connectivity index (χ4v) is 3.29. The third-order valence-electron chi connectivity index (χ3n) is 4.51. The van der Waals surface area contributed by atoms with Gasteiger partial charge in [-0.3, -0.25) is 4.79 Å². The van der Waals surface area contributed by atoms with E-state index in [-0.39, 0.29) is 12.3 Å². The van der Waals surface area contributed by atoms with E-state index < -0.39 is 23.7 Å². The first kappa shape index (κ1) is 28.4. The van der Waals surface area contributed by atoms with Gasteiger partial charge in [-0.1, -0.05) is 6.07 Å². The van der Waals surface area contributed by atoms with Gasteiger partial charge in [0.1, 0.15) is 11.6 Å². The molecule has 0 aliphatic carbocycles. The zero-order valence-corrected chi connectivity index (χ0v) is 21.0. The summed E-state index contributed by atoms with van der Waals surface area (Å²) in [6.07, 6.45) is 0.609. The van der Waals surface area contributed by atoms with E-state index in [0.717, 1.165) is 24.2 Å². The van der Waals surface area contributed by atoms with E-state index in [1.807, 2.05) is 40.3 Å². The molecule has 186 valence electrons. The maximum atomic E-state index is 12.7. The lowest BCUT2D eigenvalue weighted by Crippen LogP contribution is -2.43. The Morgan fingerprint density at radius 3 is 1.97 bits per heavy atom.